The van der Waals surface area contributed by atoms with E-state index in [2.05, 4.69) is 31.4 Å². The first-order valence-corrected chi connectivity index (χ1v) is 14.2. The van der Waals surface area contributed by atoms with Crippen LogP contribution in [0.1, 0.15) is 65.9 Å². The summed E-state index contributed by atoms with van der Waals surface area (Å²) in [5.74, 6) is -0.726. The van der Waals surface area contributed by atoms with Gasteiger partial charge in [-0.25, -0.2) is 13.2 Å². The number of hydrogen-bond acceptors (Lipinski definition) is 4. The predicted molar refractivity (Wildman–Crippen MR) is 136 cm³/mol. The highest BCUT2D eigenvalue weighted by Crippen LogP contribution is 2.41. The van der Waals surface area contributed by atoms with Crippen molar-refractivity contribution < 1.29 is 36.3 Å². The molecule has 1 saturated heterocycles. The monoisotopic (exact) mass is 561 g/mol. The van der Waals surface area contributed by atoms with Crippen molar-refractivity contribution in [1.29, 1.82) is 0 Å². The molecule has 12 heteroatoms. The van der Waals surface area contributed by atoms with Crippen LogP contribution < -0.4 is 10.6 Å². The highest BCUT2D eigenvalue weighted by Gasteiger charge is 2.47. The number of amides is 2. The van der Waals surface area contributed by atoms with Crippen molar-refractivity contribution in [3.05, 3.63) is 29.8 Å². The van der Waals surface area contributed by atoms with E-state index in [0.717, 1.165) is 24.6 Å². The Labute approximate surface area is 222 Å². The molecule has 0 spiro atoms. The minimum absolute atomic E-state index is 0.0230. The second kappa shape index (κ2) is 10.7. The maximum atomic E-state index is 13.2. The Bertz CT molecular complexity index is 1150. The Kier molecular flexibility index (Phi) is 8.48. The fourth-order valence-corrected chi connectivity index (χ4v) is 7.86. The minimum atomic E-state index is -4.66. The van der Waals surface area contributed by atoms with Gasteiger partial charge in [-0.1, -0.05) is 40.7 Å². The zero-order chi connectivity index (χ0) is 28.7. The molecule has 4 atom stereocenters. The number of rotatable bonds is 8. The molecule has 0 unspecified atom stereocenters. The van der Waals surface area contributed by atoms with E-state index >= 15 is 0 Å². The average Bonchev–Trinajstić information content (AvgIpc) is 3.33. The molecule has 2 amide bonds. The molecular formula is C26H38F3N3O5S. The number of sulfonamides is 1. The first-order chi connectivity index (χ1) is 17.3. The molecule has 214 valence electrons. The van der Waals surface area contributed by atoms with Gasteiger partial charge in [0.15, 0.2) is 0 Å². The Balaban J connectivity index is 1.72. The van der Waals surface area contributed by atoms with Crippen LogP contribution in [0.2, 0.25) is 0 Å². The average molecular weight is 562 g/mol. The highest BCUT2D eigenvalue weighted by molar-refractivity contribution is 7.89. The molecule has 0 aromatic heterocycles. The summed E-state index contributed by atoms with van der Waals surface area (Å²) in [6.45, 7) is 10.4. The lowest BCUT2D eigenvalue weighted by atomic mass is 9.73. The van der Waals surface area contributed by atoms with Crippen molar-refractivity contribution in [2.24, 2.45) is 22.7 Å². The molecule has 3 N–H and O–H groups in total. The normalized spacial score (nSPS) is 23.6. The van der Waals surface area contributed by atoms with Crippen molar-refractivity contribution in [3.63, 3.8) is 0 Å². The summed E-state index contributed by atoms with van der Waals surface area (Å²) in [6.07, 6.45) is -3.65. The van der Waals surface area contributed by atoms with Crippen molar-refractivity contribution in [2.75, 3.05) is 13.1 Å². The van der Waals surface area contributed by atoms with Gasteiger partial charge in [0, 0.05) is 19.1 Å². The van der Waals surface area contributed by atoms with Gasteiger partial charge in [-0.2, -0.15) is 17.5 Å². The van der Waals surface area contributed by atoms with Gasteiger partial charge in [0.25, 0.3) is 0 Å². The fourth-order valence-electron chi connectivity index (χ4n) is 6.28. The van der Waals surface area contributed by atoms with E-state index in [4.69, 9.17) is 0 Å². The second-order valence-corrected chi connectivity index (χ2v) is 14.5. The molecule has 0 radical (unpaired) electrons. The molecule has 1 aromatic rings. The highest BCUT2D eigenvalue weighted by atomic mass is 32.2. The summed E-state index contributed by atoms with van der Waals surface area (Å²) < 4.78 is 66.9. The van der Waals surface area contributed by atoms with Crippen LogP contribution in [0.5, 0.6) is 0 Å². The maximum absolute atomic E-state index is 13.2. The van der Waals surface area contributed by atoms with Crippen LogP contribution in [0.3, 0.4) is 0 Å². The summed E-state index contributed by atoms with van der Waals surface area (Å²) in [5, 5.41) is 14.6. The number of carbonyl (C=O) groups is 2. The van der Waals surface area contributed by atoms with Gasteiger partial charge in [-0.3, -0.25) is 4.79 Å². The van der Waals surface area contributed by atoms with Crippen molar-refractivity contribution in [3.8, 4) is 0 Å². The number of benzene rings is 1. The number of hydrogen-bond donors (Lipinski definition) is 3. The molecule has 1 aromatic carbocycles. The lowest BCUT2D eigenvalue weighted by Gasteiger charge is -2.35. The van der Waals surface area contributed by atoms with Gasteiger partial charge >= 0.3 is 12.3 Å². The third kappa shape index (κ3) is 7.40. The van der Waals surface area contributed by atoms with Crippen LogP contribution in [0, 0.1) is 22.7 Å². The molecule has 38 heavy (non-hydrogen) atoms. The minimum Gasteiger partial charge on any atom is -0.465 e. The van der Waals surface area contributed by atoms with Gasteiger partial charge in [-0.15, -0.1) is 0 Å². The molecule has 2 aliphatic rings. The zero-order valence-electron chi connectivity index (χ0n) is 22.4. The first kappa shape index (κ1) is 30.2. The van der Waals surface area contributed by atoms with Gasteiger partial charge in [0.2, 0.25) is 15.9 Å². The standard InChI is InChI=1S/C26H38F3N3O5S/c1-24(2,3)15-25(4,5)12-21(31-23(34)35)22(33)30-20-10-9-16-13-32(14-19(16)20)38(36,37)18-8-6-7-17(11-18)26(27,28)29/h6-8,11,16,19-21,31H,9-10,12-15H2,1-5H3,(H,30,33)(H,34,35)/t16-,19+,20+,21+/m1/s1. The third-order valence-electron chi connectivity index (χ3n) is 7.33. The van der Waals surface area contributed by atoms with E-state index in [1.165, 1.54) is 4.31 Å². The number of carbonyl (C=O) groups excluding carboxylic acids is 1. The predicted octanol–water partition coefficient (Wildman–Crippen LogP) is 4.71. The molecular weight excluding hydrogens is 523 g/mol. The molecule has 1 aliphatic heterocycles. The van der Waals surface area contributed by atoms with E-state index in [1.54, 1.807) is 0 Å². The summed E-state index contributed by atoms with van der Waals surface area (Å²) >= 11 is 0. The molecule has 2 fully saturated rings. The van der Waals surface area contributed by atoms with Crippen LogP contribution in [0.4, 0.5) is 18.0 Å². The largest absolute Gasteiger partial charge is 0.465 e. The molecule has 8 nitrogen and oxygen atoms in total. The van der Waals surface area contributed by atoms with Gasteiger partial charge in [0.1, 0.15) is 6.04 Å². The van der Waals surface area contributed by atoms with Crippen LogP contribution in [-0.2, 0) is 21.0 Å². The fraction of sp³-hybridized carbons (Fsp3) is 0.692. The SMILES string of the molecule is CC(C)(C)CC(C)(C)C[C@H](NC(=O)O)C(=O)N[C@H]1CC[C@@H]2CN(S(=O)(=O)c3cccc(C(F)(F)F)c3)C[C@@H]21. The van der Waals surface area contributed by atoms with E-state index in [-0.39, 0.29) is 41.8 Å². The summed E-state index contributed by atoms with van der Waals surface area (Å²) in [4.78, 5) is 24.2. The van der Waals surface area contributed by atoms with Crippen LogP contribution in [0.25, 0.3) is 0 Å². The van der Waals surface area contributed by atoms with Crippen LogP contribution in [0.15, 0.2) is 29.2 Å². The van der Waals surface area contributed by atoms with Crippen molar-refractivity contribution >= 4 is 22.0 Å². The number of halogens is 3. The molecule has 1 saturated carbocycles. The number of carboxylic acid groups (broad SMARTS) is 1. The Hall–Kier alpha value is -2.34. The Morgan fingerprint density at radius 1 is 1.11 bits per heavy atom. The molecule has 1 heterocycles. The first-order valence-electron chi connectivity index (χ1n) is 12.8. The zero-order valence-corrected chi connectivity index (χ0v) is 23.2. The molecule has 1 aliphatic carbocycles. The second-order valence-electron chi connectivity index (χ2n) is 12.6. The van der Waals surface area contributed by atoms with E-state index in [9.17, 15) is 36.3 Å². The number of fused-ring (bicyclic) bond motifs is 1. The lowest BCUT2D eigenvalue weighted by Crippen LogP contribution is -2.52. The molecule has 3 rings (SSSR count). The van der Waals surface area contributed by atoms with Crippen LogP contribution in [-0.4, -0.2) is 55.0 Å². The topological polar surface area (TPSA) is 116 Å². The van der Waals surface area contributed by atoms with Crippen LogP contribution >= 0.6 is 0 Å². The van der Waals surface area contributed by atoms with Gasteiger partial charge in [0.05, 0.1) is 10.5 Å². The van der Waals surface area contributed by atoms with E-state index < -0.39 is 44.7 Å². The maximum Gasteiger partial charge on any atom is 0.416 e. The van der Waals surface area contributed by atoms with Gasteiger partial charge in [-0.05, 0) is 66.5 Å². The lowest BCUT2D eigenvalue weighted by molar-refractivity contribution is -0.137. The summed E-state index contributed by atoms with van der Waals surface area (Å²) in [5.41, 5.74) is -1.39. The van der Waals surface area contributed by atoms with E-state index in [0.29, 0.717) is 25.3 Å². The quantitative estimate of drug-likeness (QED) is 0.425. The smallest absolute Gasteiger partial charge is 0.416 e. The number of alkyl halides is 3. The van der Waals surface area contributed by atoms with Crippen molar-refractivity contribution in [2.45, 2.75) is 83.5 Å². The Morgan fingerprint density at radius 2 is 1.76 bits per heavy atom. The van der Waals surface area contributed by atoms with Gasteiger partial charge < -0.3 is 15.7 Å². The number of nitrogens with one attached hydrogen (secondary N) is 2. The third-order valence-corrected chi connectivity index (χ3v) is 9.16. The summed E-state index contributed by atoms with van der Waals surface area (Å²) in [6, 6.07) is 2.36. The van der Waals surface area contributed by atoms with Crippen molar-refractivity contribution in [1.82, 2.24) is 14.9 Å². The Morgan fingerprint density at radius 3 is 2.34 bits per heavy atom. The number of nitrogens with zero attached hydrogens (tertiary/aromatic N) is 1. The summed E-state index contributed by atoms with van der Waals surface area (Å²) in [7, 11) is -4.16. The molecule has 0 bridgehead atoms. The van der Waals surface area contributed by atoms with E-state index in [1.807, 2.05) is 13.8 Å².